The zero-order valence-electron chi connectivity index (χ0n) is 15.2. The van der Waals surface area contributed by atoms with Crippen molar-refractivity contribution in [3.05, 3.63) is 36.0 Å². The summed E-state index contributed by atoms with van der Waals surface area (Å²) in [4.78, 5) is 18.9. The number of nitrogens with zero attached hydrogens (tertiary/aromatic N) is 3. The van der Waals surface area contributed by atoms with Gasteiger partial charge in [-0.05, 0) is 31.2 Å². The molecule has 2 aliphatic rings. The lowest BCUT2D eigenvalue weighted by atomic mass is 10.1. The Bertz CT molecular complexity index is 861. The molecule has 0 spiro atoms. The van der Waals surface area contributed by atoms with Gasteiger partial charge in [-0.15, -0.1) is 0 Å². The number of hydrogen-bond acceptors (Lipinski definition) is 7. The summed E-state index contributed by atoms with van der Waals surface area (Å²) in [6, 6.07) is 5.36. The molecule has 0 aliphatic carbocycles. The van der Waals surface area contributed by atoms with Gasteiger partial charge in [0.15, 0.2) is 17.3 Å². The standard InChI is InChI=1S/C19H22N4O4/c1-23-8-6-13(7-9-23)19-21-18(27-22-19)5-4-17(24)20-14-2-3-15-16(12-14)26-11-10-25-15/h2-3,6,12H,4-5,7-11H2,1H3,(H,20,24). The van der Waals surface area contributed by atoms with E-state index < -0.39 is 0 Å². The highest BCUT2D eigenvalue weighted by Gasteiger charge is 2.16. The molecule has 1 aromatic carbocycles. The molecular formula is C19H22N4O4. The van der Waals surface area contributed by atoms with E-state index in [0.29, 0.717) is 48.5 Å². The fourth-order valence-electron chi connectivity index (χ4n) is 3.03. The minimum atomic E-state index is -0.120. The molecular weight excluding hydrogens is 348 g/mol. The van der Waals surface area contributed by atoms with Gasteiger partial charge in [-0.3, -0.25) is 4.79 Å². The molecule has 0 radical (unpaired) electrons. The van der Waals surface area contributed by atoms with Gasteiger partial charge >= 0.3 is 0 Å². The molecule has 0 atom stereocenters. The fraction of sp³-hybridized carbons (Fsp3) is 0.421. The van der Waals surface area contributed by atoms with Gasteiger partial charge in [0.1, 0.15) is 13.2 Å². The SMILES string of the molecule is CN1CC=C(c2noc(CCC(=O)Nc3ccc4c(c3)OCCO4)n2)CC1. The van der Waals surface area contributed by atoms with Crippen LogP contribution in [0, 0.1) is 0 Å². The van der Waals surface area contributed by atoms with Gasteiger partial charge in [-0.1, -0.05) is 11.2 Å². The minimum Gasteiger partial charge on any atom is -0.486 e. The summed E-state index contributed by atoms with van der Waals surface area (Å²) in [6.45, 7) is 2.92. The molecule has 27 heavy (non-hydrogen) atoms. The van der Waals surface area contributed by atoms with E-state index in [9.17, 15) is 4.79 Å². The first-order chi connectivity index (χ1) is 13.2. The Morgan fingerprint density at radius 2 is 2.11 bits per heavy atom. The van der Waals surface area contributed by atoms with E-state index in [1.54, 1.807) is 18.2 Å². The van der Waals surface area contributed by atoms with E-state index in [-0.39, 0.29) is 12.3 Å². The number of rotatable bonds is 5. The molecule has 2 aliphatic heterocycles. The third-order valence-electron chi connectivity index (χ3n) is 4.56. The Labute approximate surface area is 157 Å². The maximum absolute atomic E-state index is 12.2. The zero-order chi connectivity index (χ0) is 18.6. The molecule has 142 valence electrons. The molecule has 0 bridgehead atoms. The van der Waals surface area contributed by atoms with Crippen molar-refractivity contribution < 1.29 is 18.8 Å². The molecule has 1 aromatic heterocycles. The molecule has 0 unspecified atom stereocenters. The van der Waals surface area contributed by atoms with Crippen LogP contribution in [0.2, 0.25) is 0 Å². The Balaban J connectivity index is 1.31. The van der Waals surface area contributed by atoms with Crippen molar-refractivity contribution in [2.24, 2.45) is 0 Å². The van der Waals surface area contributed by atoms with Crippen LogP contribution in [0.5, 0.6) is 11.5 Å². The first kappa shape index (κ1) is 17.5. The van der Waals surface area contributed by atoms with E-state index in [2.05, 4.69) is 33.5 Å². The minimum absolute atomic E-state index is 0.120. The number of aryl methyl sites for hydroxylation is 1. The number of carbonyl (C=O) groups excluding carboxylic acids is 1. The second kappa shape index (κ2) is 7.79. The number of anilines is 1. The van der Waals surface area contributed by atoms with Crippen molar-refractivity contribution in [1.82, 2.24) is 15.0 Å². The molecule has 1 amide bonds. The van der Waals surface area contributed by atoms with E-state index >= 15 is 0 Å². The third kappa shape index (κ3) is 4.28. The van der Waals surface area contributed by atoms with E-state index in [1.165, 1.54) is 0 Å². The van der Waals surface area contributed by atoms with Crippen molar-refractivity contribution in [3.8, 4) is 11.5 Å². The number of fused-ring (bicyclic) bond motifs is 1. The van der Waals surface area contributed by atoms with Gasteiger partial charge in [-0.2, -0.15) is 4.98 Å². The van der Waals surface area contributed by atoms with Crippen molar-refractivity contribution >= 4 is 17.2 Å². The van der Waals surface area contributed by atoms with E-state index in [4.69, 9.17) is 14.0 Å². The van der Waals surface area contributed by atoms with Crippen LogP contribution in [0.1, 0.15) is 24.6 Å². The maximum Gasteiger partial charge on any atom is 0.227 e. The summed E-state index contributed by atoms with van der Waals surface area (Å²) >= 11 is 0. The predicted octanol–water partition coefficient (Wildman–Crippen LogP) is 2.13. The molecule has 4 rings (SSSR count). The first-order valence-corrected chi connectivity index (χ1v) is 9.07. The number of benzene rings is 1. The highest BCUT2D eigenvalue weighted by molar-refractivity contribution is 5.91. The van der Waals surface area contributed by atoms with Gasteiger partial charge in [0.05, 0.1) is 0 Å². The Hall–Kier alpha value is -2.87. The first-order valence-electron chi connectivity index (χ1n) is 9.07. The molecule has 1 N–H and O–H groups in total. The van der Waals surface area contributed by atoms with Gasteiger partial charge in [-0.25, -0.2) is 0 Å². The summed E-state index contributed by atoms with van der Waals surface area (Å²) in [6.07, 6.45) is 3.68. The van der Waals surface area contributed by atoms with Gasteiger partial charge in [0.25, 0.3) is 0 Å². The van der Waals surface area contributed by atoms with Crippen LogP contribution in [0.15, 0.2) is 28.8 Å². The van der Waals surface area contributed by atoms with Crippen LogP contribution >= 0.6 is 0 Å². The predicted molar refractivity (Wildman–Crippen MR) is 98.8 cm³/mol. The summed E-state index contributed by atoms with van der Waals surface area (Å²) in [5.41, 5.74) is 1.77. The van der Waals surface area contributed by atoms with E-state index in [0.717, 1.165) is 25.1 Å². The highest BCUT2D eigenvalue weighted by atomic mass is 16.6. The number of likely N-dealkylation sites (N-methyl/N-ethyl adjacent to an activating group) is 1. The summed E-state index contributed by atoms with van der Waals surface area (Å²) < 4.78 is 16.3. The lowest BCUT2D eigenvalue weighted by Crippen LogP contribution is -2.23. The van der Waals surface area contributed by atoms with Crippen LogP contribution in [0.3, 0.4) is 0 Å². The number of ether oxygens (including phenoxy) is 2. The summed E-state index contributed by atoms with van der Waals surface area (Å²) in [7, 11) is 2.08. The van der Waals surface area contributed by atoms with E-state index in [1.807, 2.05) is 0 Å². The maximum atomic E-state index is 12.2. The average Bonchev–Trinajstić information content (AvgIpc) is 3.16. The Morgan fingerprint density at radius 3 is 2.93 bits per heavy atom. The summed E-state index contributed by atoms with van der Waals surface area (Å²) in [5.74, 6) is 2.32. The average molecular weight is 370 g/mol. The van der Waals surface area contributed by atoms with Gasteiger partial charge < -0.3 is 24.2 Å². The Morgan fingerprint density at radius 1 is 1.26 bits per heavy atom. The van der Waals surface area contributed by atoms with Crippen molar-refractivity contribution in [3.63, 3.8) is 0 Å². The number of aromatic nitrogens is 2. The molecule has 0 saturated heterocycles. The van der Waals surface area contributed by atoms with Crippen molar-refractivity contribution in [2.45, 2.75) is 19.3 Å². The van der Waals surface area contributed by atoms with Crippen LogP contribution in [-0.2, 0) is 11.2 Å². The molecule has 0 fully saturated rings. The van der Waals surface area contributed by atoms with Gasteiger partial charge in [0, 0.05) is 37.7 Å². The fourth-order valence-corrected chi connectivity index (χ4v) is 3.03. The largest absolute Gasteiger partial charge is 0.486 e. The monoisotopic (exact) mass is 370 g/mol. The number of hydrogen-bond donors (Lipinski definition) is 1. The molecule has 8 heteroatoms. The Kier molecular flexibility index (Phi) is 5.06. The van der Waals surface area contributed by atoms with Gasteiger partial charge in [0.2, 0.25) is 11.8 Å². The zero-order valence-corrected chi connectivity index (χ0v) is 15.2. The number of amides is 1. The number of nitrogens with one attached hydrogen (secondary N) is 1. The molecule has 8 nitrogen and oxygen atoms in total. The third-order valence-corrected chi connectivity index (χ3v) is 4.56. The molecule has 2 aromatic rings. The quantitative estimate of drug-likeness (QED) is 0.862. The topological polar surface area (TPSA) is 89.7 Å². The van der Waals surface area contributed by atoms with Crippen LogP contribution in [0.25, 0.3) is 5.57 Å². The molecule has 3 heterocycles. The molecule has 0 saturated carbocycles. The highest BCUT2D eigenvalue weighted by Crippen LogP contribution is 2.32. The second-order valence-electron chi connectivity index (χ2n) is 6.66. The van der Waals surface area contributed by atoms with Crippen LogP contribution in [0.4, 0.5) is 5.69 Å². The van der Waals surface area contributed by atoms with Crippen LogP contribution in [-0.4, -0.2) is 54.3 Å². The van der Waals surface area contributed by atoms with Crippen molar-refractivity contribution in [1.29, 1.82) is 0 Å². The number of carbonyl (C=O) groups is 1. The lowest BCUT2D eigenvalue weighted by molar-refractivity contribution is -0.116. The van der Waals surface area contributed by atoms with Crippen molar-refractivity contribution in [2.75, 3.05) is 38.7 Å². The summed E-state index contributed by atoms with van der Waals surface area (Å²) in [5, 5.41) is 6.90. The second-order valence-corrected chi connectivity index (χ2v) is 6.66. The normalized spacial score (nSPS) is 16.7. The smallest absolute Gasteiger partial charge is 0.227 e. The van der Waals surface area contributed by atoms with Crippen LogP contribution < -0.4 is 14.8 Å². The lowest BCUT2D eigenvalue weighted by Gasteiger charge is -2.19.